The Morgan fingerprint density at radius 3 is 2.11 bits per heavy atom. The lowest BCUT2D eigenvalue weighted by Crippen LogP contribution is -2.30. The minimum absolute atomic E-state index is 1.16. The molecule has 1 aromatic heterocycles. The Labute approximate surface area is 112 Å². The molecule has 0 saturated carbocycles. The van der Waals surface area contributed by atoms with Gasteiger partial charge in [-0.3, -0.25) is 0 Å². The van der Waals surface area contributed by atoms with E-state index >= 15 is 0 Å². The van der Waals surface area contributed by atoms with Gasteiger partial charge in [0.1, 0.15) is 12.4 Å². The first-order valence-corrected chi connectivity index (χ1v) is 6.79. The summed E-state index contributed by atoms with van der Waals surface area (Å²) in [4.78, 5) is 0. The lowest BCUT2D eigenvalue weighted by Gasteiger charge is -1.95. The SMILES string of the molecule is CCCCC[n+]1ccn(CCCC)c1.F[B-](F)(F)F. The molecule has 0 radical (unpaired) electrons. The molecule has 0 atom stereocenters. The van der Waals surface area contributed by atoms with E-state index in [0.29, 0.717) is 0 Å². The van der Waals surface area contributed by atoms with Gasteiger partial charge in [0.25, 0.3) is 0 Å². The van der Waals surface area contributed by atoms with Crippen LogP contribution in [-0.4, -0.2) is 11.8 Å². The largest absolute Gasteiger partial charge is 0.673 e. The van der Waals surface area contributed by atoms with Crippen LogP contribution in [0.15, 0.2) is 18.7 Å². The van der Waals surface area contributed by atoms with Crippen LogP contribution in [0, 0.1) is 0 Å². The van der Waals surface area contributed by atoms with Crippen molar-refractivity contribution in [2.24, 2.45) is 0 Å². The molecule has 0 saturated heterocycles. The molecule has 112 valence electrons. The molecule has 7 heteroatoms. The van der Waals surface area contributed by atoms with Crippen LogP contribution in [0.25, 0.3) is 0 Å². The van der Waals surface area contributed by atoms with Crippen molar-refractivity contribution in [1.29, 1.82) is 0 Å². The summed E-state index contributed by atoms with van der Waals surface area (Å²) in [5.41, 5.74) is 0. The Morgan fingerprint density at radius 1 is 1.00 bits per heavy atom. The fourth-order valence-electron chi connectivity index (χ4n) is 1.59. The van der Waals surface area contributed by atoms with Gasteiger partial charge in [0, 0.05) is 0 Å². The molecule has 0 bridgehead atoms. The number of aromatic nitrogens is 2. The molecule has 0 unspecified atom stereocenters. The number of imidazole rings is 1. The standard InChI is InChI=1S/C12H23N2.BF4/c1-3-5-7-9-14-11-10-13(12-14)8-6-4-2;2-1(3,4)5/h10-12H,3-9H2,1-2H3;/q+1;-1. The quantitative estimate of drug-likeness (QED) is 0.308. The third kappa shape index (κ3) is 13.2. The number of aryl methyl sites for hydroxylation is 2. The molecule has 0 fully saturated rings. The second-order valence-corrected chi connectivity index (χ2v) is 4.44. The third-order valence-corrected chi connectivity index (χ3v) is 2.54. The van der Waals surface area contributed by atoms with Gasteiger partial charge in [0.05, 0.1) is 13.1 Å². The number of nitrogens with zero attached hydrogens (tertiary/aromatic N) is 2. The molecule has 0 aliphatic rings. The highest BCUT2D eigenvalue weighted by Crippen LogP contribution is 2.06. The maximum Gasteiger partial charge on any atom is 0.673 e. The molecule has 2 nitrogen and oxygen atoms in total. The second-order valence-electron chi connectivity index (χ2n) is 4.44. The fourth-order valence-corrected chi connectivity index (χ4v) is 1.59. The topological polar surface area (TPSA) is 8.81 Å². The van der Waals surface area contributed by atoms with Gasteiger partial charge < -0.3 is 17.3 Å². The summed E-state index contributed by atoms with van der Waals surface area (Å²) in [7, 11) is -6.00. The normalized spacial score (nSPS) is 11.1. The number of halogens is 4. The molecular weight excluding hydrogens is 259 g/mol. The van der Waals surface area contributed by atoms with Crippen LogP contribution in [0.5, 0.6) is 0 Å². The second kappa shape index (κ2) is 9.86. The molecule has 1 aromatic rings. The van der Waals surface area contributed by atoms with Crippen LogP contribution in [0.3, 0.4) is 0 Å². The van der Waals surface area contributed by atoms with Gasteiger partial charge >= 0.3 is 7.25 Å². The van der Waals surface area contributed by atoms with Crippen LogP contribution in [0.1, 0.15) is 46.0 Å². The van der Waals surface area contributed by atoms with Gasteiger partial charge in [-0.25, -0.2) is 9.13 Å². The number of hydrogen-bond acceptors (Lipinski definition) is 0. The van der Waals surface area contributed by atoms with E-state index in [4.69, 9.17) is 0 Å². The zero-order chi connectivity index (χ0) is 14.7. The molecule has 1 rings (SSSR count). The maximum atomic E-state index is 9.75. The van der Waals surface area contributed by atoms with E-state index in [1.165, 1.54) is 38.6 Å². The Hall–Kier alpha value is -1.01. The van der Waals surface area contributed by atoms with Crippen LogP contribution in [0.4, 0.5) is 17.3 Å². The number of hydrogen-bond donors (Lipinski definition) is 0. The van der Waals surface area contributed by atoms with Crippen molar-refractivity contribution in [2.75, 3.05) is 0 Å². The van der Waals surface area contributed by atoms with E-state index in [0.717, 1.165) is 6.54 Å². The van der Waals surface area contributed by atoms with Gasteiger partial charge in [0.15, 0.2) is 0 Å². The molecule has 0 aromatic carbocycles. The Balaban J connectivity index is 0.000000555. The van der Waals surface area contributed by atoms with Crippen molar-refractivity contribution in [3.05, 3.63) is 18.7 Å². The predicted molar refractivity (Wildman–Crippen MR) is 69.2 cm³/mol. The summed E-state index contributed by atoms with van der Waals surface area (Å²) in [5.74, 6) is 0. The first-order chi connectivity index (χ1) is 8.86. The monoisotopic (exact) mass is 282 g/mol. The lowest BCUT2D eigenvalue weighted by molar-refractivity contribution is -0.696. The smallest absolute Gasteiger partial charge is 0.418 e. The zero-order valence-corrected chi connectivity index (χ0v) is 11.7. The Morgan fingerprint density at radius 2 is 1.58 bits per heavy atom. The van der Waals surface area contributed by atoms with Crippen molar-refractivity contribution in [2.45, 2.75) is 59.0 Å². The van der Waals surface area contributed by atoms with Gasteiger partial charge in [-0.15, -0.1) is 0 Å². The van der Waals surface area contributed by atoms with Crippen LogP contribution in [-0.2, 0) is 13.1 Å². The summed E-state index contributed by atoms with van der Waals surface area (Å²) in [6, 6.07) is 0. The van der Waals surface area contributed by atoms with Gasteiger partial charge in [0.2, 0.25) is 6.33 Å². The zero-order valence-electron chi connectivity index (χ0n) is 11.7. The van der Waals surface area contributed by atoms with E-state index in [2.05, 4.69) is 41.7 Å². The van der Waals surface area contributed by atoms with Crippen LogP contribution >= 0.6 is 0 Å². The average Bonchev–Trinajstić information content (AvgIpc) is 2.72. The van der Waals surface area contributed by atoms with Crippen molar-refractivity contribution in [3.63, 3.8) is 0 Å². The molecule has 0 spiro atoms. The highest BCUT2D eigenvalue weighted by molar-refractivity contribution is 6.50. The fraction of sp³-hybridized carbons (Fsp3) is 0.750. The van der Waals surface area contributed by atoms with E-state index in [9.17, 15) is 17.3 Å². The minimum Gasteiger partial charge on any atom is -0.418 e. The molecule has 19 heavy (non-hydrogen) atoms. The average molecular weight is 282 g/mol. The predicted octanol–water partition coefficient (Wildman–Crippen LogP) is 4.07. The maximum absolute atomic E-state index is 9.75. The molecular formula is C12H23BF4N2. The Bertz CT molecular complexity index is 320. The molecule has 0 amide bonds. The van der Waals surface area contributed by atoms with Gasteiger partial charge in [-0.1, -0.05) is 26.7 Å². The van der Waals surface area contributed by atoms with Crippen molar-refractivity contribution >= 4 is 7.25 Å². The molecule has 0 N–H and O–H groups in total. The third-order valence-electron chi connectivity index (χ3n) is 2.54. The first kappa shape index (κ1) is 18.0. The van der Waals surface area contributed by atoms with E-state index in [1.54, 1.807) is 0 Å². The van der Waals surface area contributed by atoms with Crippen molar-refractivity contribution < 1.29 is 21.8 Å². The van der Waals surface area contributed by atoms with Crippen LogP contribution in [0.2, 0.25) is 0 Å². The summed E-state index contributed by atoms with van der Waals surface area (Å²) in [6.07, 6.45) is 13.1. The minimum atomic E-state index is -6.00. The summed E-state index contributed by atoms with van der Waals surface area (Å²) in [5, 5.41) is 0. The van der Waals surface area contributed by atoms with Crippen LogP contribution < -0.4 is 4.57 Å². The van der Waals surface area contributed by atoms with Gasteiger partial charge in [-0.05, 0) is 19.3 Å². The van der Waals surface area contributed by atoms with Gasteiger partial charge in [-0.2, -0.15) is 0 Å². The Kier molecular flexibility index (Phi) is 9.34. The summed E-state index contributed by atoms with van der Waals surface area (Å²) < 4.78 is 43.6. The highest BCUT2D eigenvalue weighted by Gasteiger charge is 2.20. The number of rotatable bonds is 7. The lowest BCUT2D eigenvalue weighted by atomic mass is 10.2. The number of unbranched alkanes of at least 4 members (excludes halogenated alkanes) is 3. The van der Waals surface area contributed by atoms with E-state index in [1.807, 2.05) is 0 Å². The van der Waals surface area contributed by atoms with Crippen molar-refractivity contribution in [3.8, 4) is 0 Å². The first-order valence-electron chi connectivity index (χ1n) is 6.79. The van der Waals surface area contributed by atoms with E-state index in [-0.39, 0.29) is 0 Å². The highest BCUT2D eigenvalue weighted by atomic mass is 19.5. The molecule has 1 heterocycles. The summed E-state index contributed by atoms with van der Waals surface area (Å²) >= 11 is 0. The van der Waals surface area contributed by atoms with E-state index < -0.39 is 7.25 Å². The molecule has 0 aliphatic carbocycles. The van der Waals surface area contributed by atoms with Crippen molar-refractivity contribution in [1.82, 2.24) is 4.57 Å². The summed E-state index contributed by atoms with van der Waals surface area (Å²) in [6.45, 7) is 6.82. The molecule has 0 aliphatic heterocycles.